The Hall–Kier alpha value is -5.57. The molecule has 57 heavy (non-hydrogen) atoms. The van der Waals surface area contributed by atoms with E-state index in [1.54, 1.807) is 30.1 Å². The number of hydrogen-bond acceptors (Lipinski definition) is 9. The minimum Gasteiger partial charge on any atom is -0.477 e. The lowest BCUT2D eigenvalue weighted by Gasteiger charge is -2.44. The van der Waals surface area contributed by atoms with E-state index in [-0.39, 0.29) is 29.7 Å². The summed E-state index contributed by atoms with van der Waals surface area (Å²) < 4.78 is 43.6. The van der Waals surface area contributed by atoms with Crippen molar-refractivity contribution in [2.24, 2.45) is 18.9 Å². The molecular weight excluding hydrogens is 733 g/mol. The van der Waals surface area contributed by atoms with Gasteiger partial charge in [0.15, 0.2) is 0 Å². The number of carbonyl (C=O) groups excluding carboxylic acids is 2. The summed E-state index contributed by atoms with van der Waals surface area (Å²) in [5, 5.41) is 7.52. The molecule has 3 aromatic heterocycles. The molecule has 8 rings (SSSR count). The zero-order valence-electron chi connectivity index (χ0n) is 32.9. The zero-order valence-corrected chi connectivity index (χ0v) is 32.9. The average Bonchev–Trinajstić information content (AvgIpc) is 3.73. The highest BCUT2D eigenvalue weighted by atomic mass is 19.1. The average molecular weight is 782 g/mol. The maximum Gasteiger partial charge on any atom is 0.258 e. The molecule has 0 saturated carbocycles. The van der Waals surface area contributed by atoms with Gasteiger partial charge in [-0.3, -0.25) is 19.9 Å². The summed E-state index contributed by atoms with van der Waals surface area (Å²) in [5.41, 5.74) is 5.72. The third-order valence-corrected chi connectivity index (χ3v) is 11.4. The van der Waals surface area contributed by atoms with Gasteiger partial charge in [0.2, 0.25) is 17.7 Å². The van der Waals surface area contributed by atoms with Crippen molar-refractivity contribution in [2.45, 2.75) is 52.1 Å². The van der Waals surface area contributed by atoms with Gasteiger partial charge >= 0.3 is 0 Å². The first kappa shape index (κ1) is 38.3. The Bertz CT molecular complexity index is 2260. The second-order valence-electron chi connectivity index (χ2n) is 15.6. The van der Waals surface area contributed by atoms with Crippen molar-refractivity contribution in [2.75, 3.05) is 68.2 Å². The number of ether oxygens (including phenoxy) is 2. The van der Waals surface area contributed by atoms with Crippen LogP contribution in [-0.4, -0.2) is 100 Å². The van der Waals surface area contributed by atoms with E-state index >= 15 is 0 Å². The summed E-state index contributed by atoms with van der Waals surface area (Å²) in [6, 6.07) is 13.0. The third-order valence-electron chi connectivity index (χ3n) is 11.4. The lowest BCUT2D eigenvalue weighted by Crippen LogP contribution is -2.58. The number of pyridine rings is 1. The minimum absolute atomic E-state index is 0.113. The Morgan fingerprint density at radius 3 is 2.53 bits per heavy atom. The monoisotopic (exact) mass is 781 g/mol. The summed E-state index contributed by atoms with van der Waals surface area (Å²) in [5.74, 6) is -0.187. The van der Waals surface area contributed by atoms with Gasteiger partial charge in [0.1, 0.15) is 11.6 Å². The Balaban J connectivity index is 0.984. The van der Waals surface area contributed by atoms with Crippen LogP contribution in [0.15, 0.2) is 54.7 Å². The first-order valence-electron chi connectivity index (χ1n) is 19.8. The number of nitrogens with one attached hydrogen (secondary N) is 1. The van der Waals surface area contributed by atoms with Gasteiger partial charge in [-0.05, 0) is 81.0 Å². The Kier molecular flexibility index (Phi) is 10.8. The van der Waals surface area contributed by atoms with E-state index in [2.05, 4.69) is 38.9 Å². The van der Waals surface area contributed by atoms with E-state index in [1.165, 1.54) is 12.1 Å². The highest BCUT2D eigenvalue weighted by Crippen LogP contribution is 2.33. The Labute approximate surface area is 330 Å². The van der Waals surface area contributed by atoms with Crippen LogP contribution < -0.4 is 19.9 Å². The van der Waals surface area contributed by atoms with E-state index in [4.69, 9.17) is 19.4 Å². The highest BCUT2D eigenvalue weighted by molar-refractivity contribution is 6.05. The van der Waals surface area contributed by atoms with Crippen LogP contribution in [0.5, 0.6) is 5.88 Å². The first-order valence-corrected chi connectivity index (χ1v) is 19.8. The molecular formula is C42H49F2N9O4. The molecule has 0 radical (unpaired) electrons. The van der Waals surface area contributed by atoms with Crippen molar-refractivity contribution in [3.05, 3.63) is 77.6 Å². The standard InChI is InChI=1S/C42H49F2N9O4/c1-26-6-5-15-57-41-35(22-45-49(41)3)37-17-29(16-27(2)46-37)39(54)48-42-47-36-8-7-32(21-38(36)53(42)23-26)50-11-9-28(10-12-50)40(55)51-13-14-52(34(24-51)25-56-4)33-19-30(43)18-31(44)20-33/h7-8,16-22,26,28,34H,5-6,9-15,23-25H2,1-4H3,(H,47,48,54)/t26-,34-/m1/s1. The quantitative estimate of drug-likeness (QED) is 0.227. The zero-order chi connectivity index (χ0) is 39.8. The number of benzene rings is 2. The molecule has 2 amide bonds. The number of piperidine rings is 1. The van der Waals surface area contributed by atoms with Crippen LogP contribution in [0.4, 0.5) is 26.1 Å². The molecule has 6 heterocycles. The molecule has 15 heteroatoms. The number of methoxy groups -OCH3 is 1. The maximum atomic E-state index is 14.1. The molecule has 0 spiro atoms. The number of aromatic nitrogens is 5. The number of rotatable bonds is 5. The van der Waals surface area contributed by atoms with Gasteiger partial charge in [0.25, 0.3) is 5.91 Å². The smallest absolute Gasteiger partial charge is 0.258 e. The van der Waals surface area contributed by atoms with Gasteiger partial charge in [0.05, 0.1) is 47.7 Å². The van der Waals surface area contributed by atoms with Gasteiger partial charge in [-0.25, -0.2) is 18.4 Å². The molecule has 2 atom stereocenters. The maximum absolute atomic E-state index is 14.1. The van der Waals surface area contributed by atoms with Gasteiger partial charge in [-0.2, -0.15) is 5.10 Å². The third kappa shape index (κ3) is 8.02. The van der Waals surface area contributed by atoms with Crippen LogP contribution in [0.1, 0.15) is 48.7 Å². The number of anilines is 3. The fourth-order valence-electron chi connectivity index (χ4n) is 8.55. The Morgan fingerprint density at radius 2 is 1.75 bits per heavy atom. The van der Waals surface area contributed by atoms with Crippen molar-refractivity contribution in [3.63, 3.8) is 0 Å². The van der Waals surface area contributed by atoms with E-state index in [1.807, 2.05) is 29.8 Å². The fourth-order valence-corrected chi connectivity index (χ4v) is 8.55. The number of imidazole rings is 1. The molecule has 1 N–H and O–H groups in total. The highest BCUT2D eigenvalue weighted by Gasteiger charge is 2.35. The summed E-state index contributed by atoms with van der Waals surface area (Å²) in [7, 11) is 3.43. The molecule has 300 valence electrons. The van der Waals surface area contributed by atoms with E-state index in [9.17, 15) is 18.4 Å². The predicted molar refractivity (Wildman–Crippen MR) is 214 cm³/mol. The molecule has 2 aromatic carbocycles. The van der Waals surface area contributed by atoms with Crippen LogP contribution in [0.25, 0.3) is 22.3 Å². The number of nitrogens with zero attached hydrogens (tertiary/aromatic N) is 8. The fraction of sp³-hybridized carbons (Fsp3) is 0.452. The van der Waals surface area contributed by atoms with Crippen LogP contribution in [0.2, 0.25) is 0 Å². The first-order chi connectivity index (χ1) is 27.5. The molecule has 0 unspecified atom stereocenters. The molecule has 5 aromatic rings. The van der Waals surface area contributed by atoms with Crippen molar-refractivity contribution in [1.82, 2.24) is 29.2 Å². The van der Waals surface area contributed by atoms with Crippen LogP contribution in [0.3, 0.4) is 0 Å². The van der Waals surface area contributed by atoms with E-state index in [0.717, 1.165) is 41.2 Å². The van der Waals surface area contributed by atoms with Gasteiger partial charge in [0, 0.05) is 88.0 Å². The van der Waals surface area contributed by atoms with Crippen molar-refractivity contribution in [3.8, 4) is 17.1 Å². The largest absolute Gasteiger partial charge is 0.477 e. The number of aryl methyl sites for hydroxylation is 2. The molecule has 13 nitrogen and oxygen atoms in total. The van der Waals surface area contributed by atoms with Crippen LogP contribution in [0, 0.1) is 30.4 Å². The van der Waals surface area contributed by atoms with Gasteiger partial charge in [-0.15, -0.1) is 0 Å². The molecule has 2 saturated heterocycles. The second kappa shape index (κ2) is 16.1. The summed E-state index contributed by atoms with van der Waals surface area (Å²) >= 11 is 0. The van der Waals surface area contributed by atoms with Crippen molar-refractivity contribution >= 4 is 40.2 Å². The van der Waals surface area contributed by atoms with Gasteiger partial charge < -0.3 is 28.7 Å². The van der Waals surface area contributed by atoms with Crippen LogP contribution >= 0.6 is 0 Å². The Morgan fingerprint density at radius 1 is 0.965 bits per heavy atom. The molecule has 3 aliphatic rings. The van der Waals surface area contributed by atoms with Crippen molar-refractivity contribution in [1.29, 1.82) is 0 Å². The number of hydrogen-bond donors (Lipinski definition) is 1. The molecule has 2 bridgehead atoms. The summed E-state index contributed by atoms with van der Waals surface area (Å²) in [4.78, 5) is 43.5. The van der Waals surface area contributed by atoms with Crippen LogP contribution in [-0.2, 0) is 23.1 Å². The summed E-state index contributed by atoms with van der Waals surface area (Å²) in [6.07, 6.45) is 4.86. The number of piperazine rings is 1. The van der Waals surface area contributed by atoms with Gasteiger partial charge in [-0.1, -0.05) is 6.92 Å². The molecule has 3 aliphatic heterocycles. The second-order valence-corrected chi connectivity index (χ2v) is 15.6. The number of amides is 2. The molecule has 0 aliphatic carbocycles. The normalized spacial score (nSPS) is 19.7. The minimum atomic E-state index is -0.631. The number of halogens is 2. The number of fused-ring (bicyclic) bond motifs is 7. The molecule has 2 fully saturated rings. The van der Waals surface area contributed by atoms with E-state index in [0.29, 0.717) is 99.8 Å². The topological polar surface area (TPSA) is 123 Å². The lowest BCUT2D eigenvalue weighted by atomic mass is 9.94. The summed E-state index contributed by atoms with van der Waals surface area (Å²) in [6.45, 7) is 8.33. The van der Waals surface area contributed by atoms with Crippen molar-refractivity contribution < 1.29 is 27.8 Å². The number of carbonyl (C=O) groups is 2. The van der Waals surface area contributed by atoms with E-state index < -0.39 is 11.6 Å². The lowest BCUT2D eigenvalue weighted by molar-refractivity contribution is -0.137. The predicted octanol–water partition coefficient (Wildman–Crippen LogP) is 6.06. The SMILES string of the molecule is COC[C@H]1CN(C(=O)C2CCN(c3ccc4nc5n(c4c3)C[C@H](C)CCCOc3c(cnn3C)-c3cc(cc(C)n3)C(=O)N5)CC2)CCN1c1cc(F)cc(F)c1.